The van der Waals surface area contributed by atoms with Crippen molar-refractivity contribution in [2.24, 2.45) is 0 Å². The Morgan fingerprint density at radius 1 is 0.882 bits per heavy atom. The second-order valence-electron chi connectivity index (χ2n) is 8.43. The normalized spacial score (nSPS) is 14.5. The van der Waals surface area contributed by atoms with Crippen molar-refractivity contribution in [3.63, 3.8) is 0 Å². The summed E-state index contributed by atoms with van der Waals surface area (Å²) in [6.07, 6.45) is 1.12. The van der Waals surface area contributed by atoms with Crippen LogP contribution in [0.25, 0.3) is 11.0 Å². The molecule has 5 rings (SSSR count). The van der Waals surface area contributed by atoms with Crippen LogP contribution in [0.5, 0.6) is 0 Å². The zero-order chi connectivity index (χ0) is 23.5. The second-order valence-corrected chi connectivity index (χ2v) is 8.43. The number of nitrogens with one attached hydrogen (secondary N) is 2. The number of fused-ring (bicyclic) bond motifs is 1. The standard InChI is InChI=1S/C27H24N4O3/c32-24-14-15-25(33)31(24)17-19-10-12-20(13-11-19)27(34)30-23(16-18-6-2-1-3-7-18)26-28-21-8-4-5-9-22(21)29-26/h1-13,23H,14-17H2,(H,28,29)(H,30,34)/t23-/m0/s1. The van der Waals surface area contributed by atoms with Gasteiger partial charge < -0.3 is 10.3 Å². The number of aromatic nitrogens is 2. The first-order valence-corrected chi connectivity index (χ1v) is 11.3. The Bertz CT molecular complexity index is 1300. The number of carbonyl (C=O) groups is 3. The Labute approximate surface area is 196 Å². The van der Waals surface area contributed by atoms with Crippen molar-refractivity contribution in [3.05, 3.63) is 101 Å². The first kappa shape index (κ1) is 21.6. The van der Waals surface area contributed by atoms with Crippen LogP contribution in [0.2, 0.25) is 0 Å². The lowest BCUT2D eigenvalue weighted by Crippen LogP contribution is -2.31. The van der Waals surface area contributed by atoms with E-state index in [0.29, 0.717) is 17.8 Å². The van der Waals surface area contributed by atoms with Gasteiger partial charge in [0, 0.05) is 18.4 Å². The van der Waals surface area contributed by atoms with Gasteiger partial charge in [-0.3, -0.25) is 19.3 Å². The maximum atomic E-state index is 13.1. The topological polar surface area (TPSA) is 95.2 Å². The fourth-order valence-electron chi connectivity index (χ4n) is 4.19. The van der Waals surface area contributed by atoms with E-state index >= 15 is 0 Å². The fourth-order valence-corrected chi connectivity index (χ4v) is 4.19. The van der Waals surface area contributed by atoms with E-state index in [9.17, 15) is 14.4 Å². The van der Waals surface area contributed by atoms with Gasteiger partial charge in [-0.05, 0) is 41.8 Å². The molecule has 1 fully saturated rings. The van der Waals surface area contributed by atoms with Gasteiger partial charge >= 0.3 is 0 Å². The van der Waals surface area contributed by atoms with E-state index in [4.69, 9.17) is 4.98 Å². The highest BCUT2D eigenvalue weighted by Gasteiger charge is 2.28. The number of imidazole rings is 1. The molecule has 0 radical (unpaired) electrons. The van der Waals surface area contributed by atoms with E-state index in [1.165, 1.54) is 4.90 Å². The Balaban J connectivity index is 1.34. The molecule has 4 aromatic rings. The predicted octanol–water partition coefficient (Wildman–Crippen LogP) is 3.93. The number of rotatable bonds is 7. The number of hydrogen-bond acceptors (Lipinski definition) is 4. The molecule has 0 unspecified atom stereocenters. The quantitative estimate of drug-likeness (QED) is 0.416. The van der Waals surface area contributed by atoms with Crippen LogP contribution in [0.4, 0.5) is 0 Å². The van der Waals surface area contributed by atoms with Crippen LogP contribution in [-0.4, -0.2) is 32.6 Å². The van der Waals surface area contributed by atoms with Crippen LogP contribution < -0.4 is 5.32 Å². The molecule has 0 bridgehead atoms. The number of nitrogens with zero attached hydrogens (tertiary/aromatic N) is 2. The average molecular weight is 453 g/mol. The molecule has 34 heavy (non-hydrogen) atoms. The summed E-state index contributed by atoms with van der Waals surface area (Å²) < 4.78 is 0. The van der Waals surface area contributed by atoms with Crippen LogP contribution in [0.3, 0.4) is 0 Å². The molecule has 1 atom stereocenters. The number of H-pyrrole nitrogens is 1. The summed E-state index contributed by atoms with van der Waals surface area (Å²) in [7, 11) is 0. The molecular weight excluding hydrogens is 428 g/mol. The van der Waals surface area contributed by atoms with Crippen molar-refractivity contribution in [1.82, 2.24) is 20.2 Å². The van der Waals surface area contributed by atoms with Gasteiger partial charge in [0.05, 0.1) is 23.6 Å². The number of imide groups is 1. The lowest BCUT2D eigenvalue weighted by Gasteiger charge is -2.18. The van der Waals surface area contributed by atoms with Gasteiger partial charge in [-0.1, -0.05) is 54.6 Å². The van der Waals surface area contributed by atoms with E-state index in [2.05, 4.69) is 10.3 Å². The molecule has 2 heterocycles. The molecule has 0 aliphatic carbocycles. The average Bonchev–Trinajstić information content (AvgIpc) is 3.43. The van der Waals surface area contributed by atoms with Gasteiger partial charge in [0.25, 0.3) is 5.91 Å². The number of para-hydroxylation sites is 2. The lowest BCUT2D eigenvalue weighted by molar-refractivity contribution is -0.139. The fraction of sp³-hybridized carbons (Fsp3) is 0.185. The van der Waals surface area contributed by atoms with Gasteiger partial charge in [-0.25, -0.2) is 4.98 Å². The Morgan fingerprint density at radius 2 is 1.56 bits per heavy atom. The minimum absolute atomic E-state index is 0.151. The molecule has 7 heteroatoms. The highest BCUT2D eigenvalue weighted by atomic mass is 16.2. The molecule has 3 aromatic carbocycles. The first-order valence-electron chi connectivity index (χ1n) is 11.3. The SMILES string of the molecule is O=C(N[C@@H](Cc1ccccc1)c1nc2ccccc2[nH]1)c1ccc(CN2C(=O)CCC2=O)cc1. The predicted molar refractivity (Wildman–Crippen MR) is 128 cm³/mol. The molecule has 0 saturated carbocycles. The smallest absolute Gasteiger partial charge is 0.251 e. The Morgan fingerprint density at radius 3 is 2.26 bits per heavy atom. The molecule has 2 N–H and O–H groups in total. The van der Waals surface area contributed by atoms with Gasteiger partial charge in [0.2, 0.25) is 11.8 Å². The molecule has 7 nitrogen and oxygen atoms in total. The van der Waals surface area contributed by atoms with Crippen molar-refractivity contribution in [2.75, 3.05) is 0 Å². The summed E-state index contributed by atoms with van der Waals surface area (Å²) in [5.74, 6) is 0.171. The molecule has 170 valence electrons. The second kappa shape index (κ2) is 9.31. The maximum absolute atomic E-state index is 13.1. The Hall–Kier alpha value is -4.26. The summed E-state index contributed by atoms with van der Waals surface area (Å²) in [6, 6.07) is 24.4. The third kappa shape index (κ3) is 4.59. The summed E-state index contributed by atoms with van der Waals surface area (Å²) in [4.78, 5) is 46.2. The Kier molecular flexibility index (Phi) is 5.91. The van der Waals surface area contributed by atoms with Gasteiger partial charge in [0.15, 0.2) is 0 Å². The van der Waals surface area contributed by atoms with Crippen molar-refractivity contribution < 1.29 is 14.4 Å². The molecule has 3 amide bonds. The molecular formula is C27H24N4O3. The van der Waals surface area contributed by atoms with E-state index in [1.54, 1.807) is 24.3 Å². The number of likely N-dealkylation sites (tertiary alicyclic amines) is 1. The third-order valence-electron chi connectivity index (χ3n) is 6.04. The summed E-state index contributed by atoms with van der Waals surface area (Å²) >= 11 is 0. The molecule has 1 aliphatic heterocycles. The molecule has 0 spiro atoms. The zero-order valence-corrected chi connectivity index (χ0v) is 18.5. The highest BCUT2D eigenvalue weighted by molar-refractivity contribution is 6.01. The monoisotopic (exact) mass is 452 g/mol. The number of benzene rings is 3. The minimum atomic E-state index is -0.346. The summed E-state index contributed by atoms with van der Waals surface area (Å²) in [6.45, 7) is 0.231. The molecule has 1 saturated heterocycles. The van der Waals surface area contributed by atoms with Crippen LogP contribution >= 0.6 is 0 Å². The van der Waals surface area contributed by atoms with Crippen LogP contribution in [-0.2, 0) is 22.6 Å². The van der Waals surface area contributed by atoms with Gasteiger partial charge in [-0.2, -0.15) is 0 Å². The first-order chi connectivity index (χ1) is 16.6. The van der Waals surface area contributed by atoms with Crippen molar-refractivity contribution in [2.45, 2.75) is 31.8 Å². The third-order valence-corrected chi connectivity index (χ3v) is 6.04. The van der Waals surface area contributed by atoms with Gasteiger partial charge in [0.1, 0.15) is 5.82 Å². The highest BCUT2D eigenvalue weighted by Crippen LogP contribution is 2.21. The zero-order valence-electron chi connectivity index (χ0n) is 18.5. The van der Waals surface area contributed by atoms with E-state index < -0.39 is 0 Å². The minimum Gasteiger partial charge on any atom is -0.342 e. The van der Waals surface area contributed by atoms with Crippen LogP contribution in [0.15, 0.2) is 78.9 Å². The summed E-state index contributed by atoms with van der Waals surface area (Å²) in [5, 5.41) is 3.11. The van der Waals surface area contributed by atoms with Crippen LogP contribution in [0, 0.1) is 0 Å². The number of hydrogen-bond donors (Lipinski definition) is 2. The molecule has 1 aliphatic rings. The number of amides is 3. The maximum Gasteiger partial charge on any atom is 0.251 e. The van der Waals surface area contributed by atoms with Crippen molar-refractivity contribution >= 4 is 28.8 Å². The number of aromatic amines is 1. The number of carbonyl (C=O) groups excluding carboxylic acids is 3. The van der Waals surface area contributed by atoms with E-state index in [1.807, 2.05) is 54.6 Å². The van der Waals surface area contributed by atoms with E-state index in [0.717, 1.165) is 22.2 Å². The summed E-state index contributed by atoms with van der Waals surface area (Å²) in [5.41, 5.74) is 4.15. The largest absolute Gasteiger partial charge is 0.342 e. The van der Waals surface area contributed by atoms with Crippen LogP contribution in [0.1, 0.15) is 46.2 Å². The lowest BCUT2D eigenvalue weighted by atomic mass is 10.0. The van der Waals surface area contributed by atoms with Crippen molar-refractivity contribution in [3.8, 4) is 0 Å². The molecule has 1 aromatic heterocycles. The van der Waals surface area contributed by atoms with Crippen molar-refractivity contribution in [1.29, 1.82) is 0 Å². The van der Waals surface area contributed by atoms with Gasteiger partial charge in [-0.15, -0.1) is 0 Å². The van der Waals surface area contributed by atoms with E-state index in [-0.39, 0.29) is 43.1 Å².